The van der Waals surface area contributed by atoms with Gasteiger partial charge in [-0.3, -0.25) is 4.90 Å². The summed E-state index contributed by atoms with van der Waals surface area (Å²) in [5.41, 5.74) is 7.58. The van der Waals surface area contributed by atoms with Gasteiger partial charge in [-0.25, -0.2) is 4.79 Å². The Morgan fingerprint density at radius 1 is 1.42 bits per heavy atom. The van der Waals surface area contributed by atoms with Gasteiger partial charge in [-0.15, -0.1) is 22.7 Å². The Balaban J connectivity index is 1.97. The zero-order valence-electron chi connectivity index (χ0n) is 14.1. The quantitative estimate of drug-likeness (QED) is 0.840. The minimum Gasteiger partial charge on any atom is -0.465 e. The molecule has 1 saturated heterocycles. The second-order valence-electron chi connectivity index (χ2n) is 6.06. The van der Waals surface area contributed by atoms with Crippen molar-refractivity contribution in [3.63, 3.8) is 0 Å². The predicted molar refractivity (Wildman–Crippen MR) is 98.7 cm³/mol. The van der Waals surface area contributed by atoms with Crippen molar-refractivity contribution in [1.82, 2.24) is 4.90 Å². The molecule has 130 valence electrons. The van der Waals surface area contributed by atoms with Crippen LogP contribution < -0.4 is 5.73 Å². The maximum atomic E-state index is 12.2. The molecule has 0 aromatic carbocycles. The van der Waals surface area contributed by atoms with Gasteiger partial charge in [0.1, 0.15) is 10.6 Å². The van der Waals surface area contributed by atoms with E-state index in [-0.39, 0.29) is 18.2 Å². The van der Waals surface area contributed by atoms with Gasteiger partial charge < -0.3 is 15.2 Å². The molecule has 0 saturated carbocycles. The number of hydrogen-bond donors (Lipinski definition) is 1. The molecular formula is C17H22N2O3S2. The number of carbonyl (C=O) groups is 1. The van der Waals surface area contributed by atoms with Crippen LogP contribution in [0.4, 0.5) is 5.00 Å². The highest BCUT2D eigenvalue weighted by atomic mass is 32.1. The van der Waals surface area contributed by atoms with Gasteiger partial charge in [0.2, 0.25) is 0 Å². The van der Waals surface area contributed by atoms with Gasteiger partial charge in [0.25, 0.3) is 0 Å². The highest BCUT2D eigenvalue weighted by Crippen LogP contribution is 2.41. The van der Waals surface area contributed by atoms with E-state index in [9.17, 15) is 4.79 Å². The number of esters is 1. The standard InChI is InChI=1S/C17H22N2O3S2/c1-10-7-19(8-11(2)22-10)9-13-14(12-5-4-6-23-12)15(16(18)24-13)17(20)21-3/h4-6,10-11H,7-9,18H2,1-3H3. The van der Waals surface area contributed by atoms with Gasteiger partial charge in [-0.2, -0.15) is 0 Å². The van der Waals surface area contributed by atoms with Crippen LogP contribution in [0.2, 0.25) is 0 Å². The summed E-state index contributed by atoms with van der Waals surface area (Å²) in [7, 11) is 1.39. The fourth-order valence-corrected chi connectivity index (χ4v) is 5.19. The highest BCUT2D eigenvalue weighted by molar-refractivity contribution is 7.18. The molecule has 0 bridgehead atoms. The Bertz CT molecular complexity index is 702. The summed E-state index contributed by atoms with van der Waals surface area (Å²) in [6, 6.07) is 4.00. The third kappa shape index (κ3) is 3.49. The Morgan fingerprint density at radius 2 is 2.12 bits per heavy atom. The number of morpholine rings is 1. The lowest BCUT2D eigenvalue weighted by molar-refractivity contribution is -0.0702. The Morgan fingerprint density at radius 3 is 2.71 bits per heavy atom. The fraction of sp³-hybridized carbons (Fsp3) is 0.471. The highest BCUT2D eigenvalue weighted by Gasteiger charge is 2.28. The van der Waals surface area contributed by atoms with E-state index < -0.39 is 0 Å². The Hall–Kier alpha value is -1.41. The van der Waals surface area contributed by atoms with E-state index in [2.05, 4.69) is 18.7 Å². The van der Waals surface area contributed by atoms with E-state index in [0.29, 0.717) is 10.6 Å². The lowest BCUT2D eigenvalue weighted by Crippen LogP contribution is -2.44. The van der Waals surface area contributed by atoms with Gasteiger partial charge >= 0.3 is 5.97 Å². The molecule has 3 rings (SSSR count). The average Bonchev–Trinajstić information content (AvgIpc) is 3.13. The first-order valence-corrected chi connectivity index (χ1v) is 9.60. The van der Waals surface area contributed by atoms with Crippen molar-refractivity contribution >= 4 is 33.6 Å². The molecule has 2 aromatic heterocycles. The first kappa shape index (κ1) is 17.4. The Labute approximate surface area is 150 Å². The fourth-order valence-electron chi connectivity index (χ4n) is 3.21. The number of nitrogens with two attached hydrogens (primary N) is 1. The molecule has 2 N–H and O–H groups in total. The Kier molecular flexibility index (Phi) is 5.24. The van der Waals surface area contributed by atoms with Crippen molar-refractivity contribution in [3.05, 3.63) is 28.0 Å². The number of ether oxygens (including phenoxy) is 2. The van der Waals surface area contributed by atoms with E-state index in [1.54, 1.807) is 11.3 Å². The topological polar surface area (TPSA) is 64.8 Å². The predicted octanol–water partition coefficient (Wildman–Crippen LogP) is 3.45. The van der Waals surface area contributed by atoms with Crippen LogP contribution in [0.3, 0.4) is 0 Å². The van der Waals surface area contributed by atoms with E-state index in [1.165, 1.54) is 18.4 Å². The number of nitrogen functional groups attached to an aromatic ring is 1. The van der Waals surface area contributed by atoms with Gasteiger partial charge in [0.15, 0.2) is 0 Å². The van der Waals surface area contributed by atoms with E-state index in [0.717, 1.165) is 35.0 Å². The van der Waals surface area contributed by atoms with Crippen LogP contribution >= 0.6 is 22.7 Å². The largest absolute Gasteiger partial charge is 0.465 e. The summed E-state index contributed by atoms with van der Waals surface area (Å²) in [4.78, 5) is 16.8. The number of rotatable bonds is 4. The van der Waals surface area contributed by atoms with Crippen LogP contribution in [0.5, 0.6) is 0 Å². The first-order chi connectivity index (χ1) is 11.5. The van der Waals surface area contributed by atoms with Crippen LogP contribution in [0.25, 0.3) is 10.4 Å². The van der Waals surface area contributed by atoms with Gasteiger partial charge in [0, 0.05) is 35.0 Å². The van der Waals surface area contributed by atoms with E-state index in [4.69, 9.17) is 15.2 Å². The molecule has 7 heteroatoms. The monoisotopic (exact) mass is 366 g/mol. The SMILES string of the molecule is COC(=O)c1c(N)sc(CN2CC(C)OC(C)C2)c1-c1cccs1. The van der Waals surface area contributed by atoms with Gasteiger partial charge in [0.05, 0.1) is 19.3 Å². The van der Waals surface area contributed by atoms with E-state index >= 15 is 0 Å². The normalized spacial score (nSPS) is 21.8. The number of thiophene rings is 2. The van der Waals surface area contributed by atoms with Crippen LogP contribution in [-0.4, -0.2) is 43.3 Å². The summed E-state index contributed by atoms with van der Waals surface area (Å²) in [5.74, 6) is -0.373. The van der Waals surface area contributed by atoms with Crippen molar-refractivity contribution < 1.29 is 14.3 Å². The number of nitrogens with zero attached hydrogens (tertiary/aromatic N) is 1. The zero-order valence-corrected chi connectivity index (χ0v) is 15.7. The molecule has 1 aliphatic rings. The lowest BCUT2D eigenvalue weighted by Gasteiger charge is -2.35. The molecular weight excluding hydrogens is 344 g/mol. The molecule has 0 amide bonds. The third-order valence-corrected chi connectivity index (χ3v) is 5.92. The summed E-state index contributed by atoms with van der Waals surface area (Å²) in [5, 5.41) is 2.53. The summed E-state index contributed by atoms with van der Waals surface area (Å²) in [6.07, 6.45) is 0.410. The molecule has 0 radical (unpaired) electrons. The van der Waals surface area contributed by atoms with Crippen molar-refractivity contribution in [3.8, 4) is 10.4 Å². The molecule has 1 fully saturated rings. The van der Waals surface area contributed by atoms with Crippen LogP contribution in [0.1, 0.15) is 29.1 Å². The molecule has 0 aliphatic carbocycles. The van der Waals surface area contributed by atoms with Crippen LogP contribution in [0, 0.1) is 0 Å². The minimum absolute atomic E-state index is 0.205. The molecule has 5 nitrogen and oxygen atoms in total. The average molecular weight is 367 g/mol. The molecule has 3 heterocycles. The van der Waals surface area contributed by atoms with Gasteiger partial charge in [-0.1, -0.05) is 6.07 Å². The molecule has 2 aromatic rings. The van der Waals surface area contributed by atoms with Crippen molar-refractivity contribution in [2.24, 2.45) is 0 Å². The van der Waals surface area contributed by atoms with E-state index in [1.807, 2.05) is 17.5 Å². The lowest BCUT2D eigenvalue weighted by atomic mass is 10.1. The minimum atomic E-state index is -0.373. The number of hydrogen-bond acceptors (Lipinski definition) is 7. The second-order valence-corrected chi connectivity index (χ2v) is 8.14. The molecule has 1 aliphatic heterocycles. The molecule has 2 unspecified atom stereocenters. The second kappa shape index (κ2) is 7.23. The zero-order chi connectivity index (χ0) is 17.3. The van der Waals surface area contributed by atoms with Crippen molar-refractivity contribution in [2.75, 3.05) is 25.9 Å². The van der Waals surface area contributed by atoms with Crippen LogP contribution in [-0.2, 0) is 16.0 Å². The maximum absolute atomic E-state index is 12.2. The van der Waals surface area contributed by atoms with Crippen molar-refractivity contribution in [1.29, 1.82) is 0 Å². The summed E-state index contributed by atoms with van der Waals surface area (Å²) >= 11 is 3.09. The summed E-state index contributed by atoms with van der Waals surface area (Å²) < 4.78 is 10.8. The number of methoxy groups -OCH3 is 1. The molecule has 24 heavy (non-hydrogen) atoms. The third-order valence-electron chi connectivity index (χ3n) is 4.03. The number of anilines is 1. The number of carbonyl (C=O) groups excluding carboxylic acids is 1. The maximum Gasteiger partial charge on any atom is 0.341 e. The van der Waals surface area contributed by atoms with Crippen molar-refractivity contribution in [2.45, 2.75) is 32.6 Å². The molecule has 0 spiro atoms. The molecule has 2 atom stereocenters. The first-order valence-electron chi connectivity index (χ1n) is 7.90. The summed E-state index contributed by atoms with van der Waals surface area (Å²) in [6.45, 7) is 6.69. The smallest absolute Gasteiger partial charge is 0.341 e. The van der Waals surface area contributed by atoms with Crippen LogP contribution in [0.15, 0.2) is 17.5 Å². The van der Waals surface area contributed by atoms with Gasteiger partial charge in [-0.05, 0) is 25.3 Å².